The zero-order chi connectivity index (χ0) is 24.4. The van der Waals surface area contributed by atoms with Crippen molar-refractivity contribution in [3.63, 3.8) is 0 Å². The van der Waals surface area contributed by atoms with E-state index >= 15 is 0 Å². The van der Waals surface area contributed by atoms with Crippen LogP contribution in [0.1, 0.15) is 30.3 Å². The van der Waals surface area contributed by atoms with Crippen LogP contribution < -0.4 is 4.74 Å². The third-order valence-corrected chi connectivity index (χ3v) is 6.75. The summed E-state index contributed by atoms with van der Waals surface area (Å²) in [5.74, 6) is 1.97. The van der Waals surface area contributed by atoms with Crippen LogP contribution in [0.15, 0.2) is 60.7 Å². The van der Waals surface area contributed by atoms with Gasteiger partial charge < -0.3 is 9.84 Å². The van der Waals surface area contributed by atoms with Crippen LogP contribution in [0.3, 0.4) is 0 Å². The number of halogens is 1. The van der Waals surface area contributed by atoms with Crippen LogP contribution in [0.5, 0.6) is 17.2 Å². The van der Waals surface area contributed by atoms with Crippen LogP contribution in [0.2, 0.25) is 0 Å². The Hall–Kier alpha value is -4.04. The monoisotopic (exact) mass is 486 g/mol. The lowest BCUT2D eigenvalue weighted by Crippen LogP contribution is -2.01. The molecule has 5 aromatic rings. The summed E-state index contributed by atoms with van der Waals surface area (Å²) in [6.45, 7) is 4.72. The van der Waals surface area contributed by atoms with Crippen molar-refractivity contribution < 1.29 is 14.2 Å². The van der Waals surface area contributed by atoms with E-state index in [2.05, 4.69) is 22.4 Å². The van der Waals surface area contributed by atoms with Gasteiger partial charge in [-0.25, -0.2) is 9.07 Å². The average Bonchev–Trinajstić information content (AvgIpc) is 3.43. The predicted molar refractivity (Wildman–Crippen MR) is 137 cm³/mol. The van der Waals surface area contributed by atoms with Gasteiger partial charge in [0.2, 0.25) is 0 Å². The summed E-state index contributed by atoms with van der Waals surface area (Å²) >= 11 is 1.51. The smallest absolute Gasteiger partial charge is 0.174 e. The molecule has 0 fully saturated rings. The highest BCUT2D eigenvalue weighted by Crippen LogP contribution is 2.48. The Labute approximate surface area is 205 Å². The molecule has 0 spiro atoms. The van der Waals surface area contributed by atoms with Crippen LogP contribution in [0, 0.1) is 12.7 Å². The van der Waals surface area contributed by atoms with Gasteiger partial charge in [0.15, 0.2) is 11.6 Å². The molecule has 176 valence electrons. The van der Waals surface area contributed by atoms with Crippen molar-refractivity contribution in [3.8, 4) is 27.7 Å². The second-order valence-electron chi connectivity index (χ2n) is 8.16. The van der Waals surface area contributed by atoms with Crippen LogP contribution in [-0.2, 0) is 6.54 Å². The SMILES string of the molecule is CCCn1nnnc1/C=C/c1ccc(Oc2c(-c3ccc(F)cc3C)sc3cc(O)ccc23)cc1. The highest BCUT2D eigenvalue weighted by molar-refractivity contribution is 7.22. The Balaban J connectivity index is 1.46. The molecule has 8 heteroatoms. The number of hydrogen-bond donors (Lipinski definition) is 1. The Kier molecular flexibility index (Phi) is 6.29. The summed E-state index contributed by atoms with van der Waals surface area (Å²) in [6, 6.07) is 17.7. The molecule has 0 radical (unpaired) electrons. The van der Waals surface area contributed by atoms with E-state index in [1.807, 2.05) is 49.4 Å². The van der Waals surface area contributed by atoms with Gasteiger partial charge in [-0.3, -0.25) is 0 Å². The number of ether oxygens (including phenoxy) is 1. The van der Waals surface area contributed by atoms with E-state index in [9.17, 15) is 9.50 Å². The van der Waals surface area contributed by atoms with Gasteiger partial charge in [-0.1, -0.05) is 31.2 Å². The van der Waals surface area contributed by atoms with Crippen LogP contribution in [0.4, 0.5) is 4.39 Å². The van der Waals surface area contributed by atoms with Crippen LogP contribution >= 0.6 is 11.3 Å². The molecule has 5 rings (SSSR count). The first kappa shape index (κ1) is 22.7. The second-order valence-corrected chi connectivity index (χ2v) is 9.22. The molecule has 0 saturated heterocycles. The molecule has 0 saturated carbocycles. The molecule has 35 heavy (non-hydrogen) atoms. The number of benzene rings is 3. The Morgan fingerprint density at radius 2 is 1.89 bits per heavy atom. The fourth-order valence-electron chi connectivity index (χ4n) is 3.86. The number of phenolic OH excluding ortho intramolecular Hbond substituents is 1. The molecule has 0 amide bonds. The first-order valence-electron chi connectivity index (χ1n) is 11.3. The molecule has 0 aliphatic rings. The second kappa shape index (κ2) is 9.68. The number of aryl methyl sites for hydroxylation is 2. The maximum atomic E-state index is 13.7. The summed E-state index contributed by atoms with van der Waals surface area (Å²) in [5, 5.41) is 22.7. The summed E-state index contributed by atoms with van der Waals surface area (Å²) in [7, 11) is 0. The lowest BCUT2D eigenvalue weighted by Gasteiger charge is -2.10. The van der Waals surface area contributed by atoms with E-state index in [0.29, 0.717) is 17.3 Å². The van der Waals surface area contributed by atoms with Gasteiger partial charge in [-0.15, -0.1) is 16.4 Å². The molecule has 0 aliphatic heterocycles. The molecule has 0 unspecified atom stereocenters. The third-order valence-electron chi connectivity index (χ3n) is 5.58. The molecule has 1 N–H and O–H groups in total. The molecule has 0 bridgehead atoms. The summed E-state index contributed by atoms with van der Waals surface area (Å²) < 4.78 is 22.8. The van der Waals surface area contributed by atoms with Gasteiger partial charge in [0.25, 0.3) is 0 Å². The van der Waals surface area contributed by atoms with Crippen molar-refractivity contribution in [1.29, 1.82) is 0 Å². The minimum Gasteiger partial charge on any atom is -0.508 e. The van der Waals surface area contributed by atoms with E-state index in [4.69, 9.17) is 4.74 Å². The van der Waals surface area contributed by atoms with E-state index in [1.54, 1.807) is 22.9 Å². The Morgan fingerprint density at radius 1 is 1.06 bits per heavy atom. The summed E-state index contributed by atoms with van der Waals surface area (Å²) in [6.07, 6.45) is 4.80. The standard InChI is InChI=1S/C27H23FN4O2S/c1-3-14-32-25(29-30-31-32)13-6-18-4-9-21(10-5-18)34-26-23-12-8-20(33)16-24(23)35-27(26)22-11-7-19(28)15-17(22)2/h4-13,15-16,33H,3,14H2,1-2H3/b13-6+. The van der Waals surface area contributed by atoms with Crippen molar-refractivity contribution in [1.82, 2.24) is 20.2 Å². The number of thiophene rings is 1. The maximum Gasteiger partial charge on any atom is 0.174 e. The summed E-state index contributed by atoms with van der Waals surface area (Å²) in [5.41, 5.74) is 2.70. The predicted octanol–water partition coefficient (Wildman–Crippen LogP) is 7.08. The fraction of sp³-hybridized carbons (Fsp3) is 0.148. The van der Waals surface area contributed by atoms with Gasteiger partial charge in [-0.2, -0.15) is 0 Å². The van der Waals surface area contributed by atoms with Crippen LogP contribution in [0.25, 0.3) is 32.7 Å². The number of aromatic hydroxyl groups is 1. The number of rotatable bonds is 7. The number of nitrogens with zero attached hydrogens (tertiary/aromatic N) is 4. The number of aromatic nitrogens is 4. The number of hydrogen-bond acceptors (Lipinski definition) is 6. The molecule has 6 nitrogen and oxygen atoms in total. The molecule has 0 aliphatic carbocycles. The van der Waals surface area contributed by atoms with Gasteiger partial charge in [0, 0.05) is 16.6 Å². The van der Waals surface area contributed by atoms with Gasteiger partial charge >= 0.3 is 0 Å². The topological polar surface area (TPSA) is 73.1 Å². The first-order valence-corrected chi connectivity index (χ1v) is 12.1. The highest BCUT2D eigenvalue weighted by Gasteiger charge is 2.18. The van der Waals surface area contributed by atoms with Crippen molar-refractivity contribution in [2.24, 2.45) is 0 Å². The fourth-order valence-corrected chi connectivity index (χ4v) is 5.11. The average molecular weight is 487 g/mol. The van der Waals surface area contributed by atoms with Gasteiger partial charge in [-0.05, 0) is 89.0 Å². The normalized spacial score (nSPS) is 11.5. The van der Waals surface area contributed by atoms with Gasteiger partial charge in [0.1, 0.15) is 17.3 Å². The number of tetrazole rings is 1. The molecule has 3 aromatic carbocycles. The summed E-state index contributed by atoms with van der Waals surface area (Å²) in [4.78, 5) is 0.884. The zero-order valence-corrected chi connectivity index (χ0v) is 20.1. The number of phenols is 1. The molecular formula is C27H23FN4O2S. The quantitative estimate of drug-likeness (QED) is 0.266. The van der Waals surface area contributed by atoms with Crippen LogP contribution in [-0.4, -0.2) is 25.3 Å². The van der Waals surface area contributed by atoms with Crippen molar-refractivity contribution in [2.45, 2.75) is 26.8 Å². The molecule has 2 aromatic heterocycles. The highest BCUT2D eigenvalue weighted by atomic mass is 32.1. The molecule has 2 heterocycles. The Bertz CT molecular complexity index is 1520. The molecule has 0 atom stereocenters. The van der Waals surface area contributed by atoms with E-state index in [1.165, 1.54) is 23.5 Å². The third kappa shape index (κ3) is 4.79. The van der Waals surface area contributed by atoms with E-state index in [-0.39, 0.29) is 11.6 Å². The lowest BCUT2D eigenvalue weighted by molar-refractivity contribution is 0.476. The Morgan fingerprint density at radius 3 is 2.66 bits per heavy atom. The van der Waals surface area contributed by atoms with E-state index in [0.717, 1.165) is 44.6 Å². The van der Waals surface area contributed by atoms with Crippen molar-refractivity contribution in [3.05, 3.63) is 83.4 Å². The largest absolute Gasteiger partial charge is 0.508 e. The van der Waals surface area contributed by atoms with Gasteiger partial charge in [0.05, 0.1) is 4.88 Å². The van der Waals surface area contributed by atoms with Crippen molar-refractivity contribution in [2.75, 3.05) is 0 Å². The van der Waals surface area contributed by atoms with E-state index < -0.39 is 0 Å². The lowest BCUT2D eigenvalue weighted by atomic mass is 10.1. The zero-order valence-electron chi connectivity index (χ0n) is 19.3. The van der Waals surface area contributed by atoms with Crippen molar-refractivity contribution >= 4 is 33.6 Å². The minimum absolute atomic E-state index is 0.189. The molecular weight excluding hydrogens is 463 g/mol. The number of fused-ring (bicyclic) bond motifs is 1. The maximum absolute atomic E-state index is 13.7. The minimum atomic E-state index is -0.278. The first-order chi connectivity index (χ1) is 17.0.